The molecule has 172 valence electrons. The number of amides is 1. The molecule has 1 unspecified atom stereocenters. The van der Waals surface area contributed by atoms with E-state index >= 15 is 0 Å². The highest BCUT2D eigenvalue weighted by Gasteiger charge is 2.32. The number of aromatic nitrogens is 2. The molecule has 0 saturated carbocycles. The maximum absolute atomic E-state index is 12.4. The van der Waals surface area contributed by atoms with E-state index in [0.29, 0.717) is 32.2 Å². The Morgan fingerprint density at radius 3 is 2.47 bits per heavy atom. The molecule has 1 fully saturated rings. The Morgan fingerprint density at radius 2 is 1.81 bits per heavy atom. The van der Waals surface area contributed by atoms with Crippen molar-refractivity contribution in [3.05, 3.63) is 52.4 Å². The highest BCUT2D eigenvalue weighted by molar-refractivity contribution is 6.28. The molecule has 2 aliphatic rings. The second kappa shape index (κ2) is 9.24. The summed E-state index contributed by atoms with van der Waals surface area (Å²) in [5, 5.41) is 0.280. The van der Waals surface area contributed by atoms with Crippen molar-refractivity contribution in [1.29, 1.82) is 0 Å². The zero-order valence-corrected chi connectivity index (χ0v) is 20.1. The number of fused-ring (bicyclic) bond motifs is 1. The van der Waals surface area contributed by atoms with Gasteiger partial charge in [-0.3, -0.25) is 4.90 Å². The Morgan fingerprint density at radius 1 is 1.12 bits per heavy atom. The highest BCUT2D eigenvalue weighted by Crippen LogP contribution is 2.31. The van der Waals surface area contributed by atoms with Crippen LogP contribution in [0.5, 0.6) is 0 Å². The minimum atomic E-state index is -0.491. The Labute approximate surface area is 195 Å². The van der Waals surface area contributed by atoms with Gasteiger partial charge in [-0.1, -0.05) is 30.3 Å². The zero-order valence-electron chi connectivity index (χ0n) is 19.3. The number of hydrogen-bond acceptors (Lipinski definition) is 6. The lowest BCUT2D eigenvalue weighted by Gasteiger charge is -2.39. The quantitative estimate of drug-likeness (QED) is 0.646. The number of anilines is 1. The van der Waals surface area contributed by atoms with Gasteiger partial charge in [0.2, 0.25) is 5.28 Å². The molecular weight excluding hydrogens is 426 g/mol. The fraction of sp³-hybridized carbons (Fsp3) is 0.542. The van der Waals surface area contributed by atoms with Gasteiger partial charge in [-0.05, 0) is 51.3 Å². The molecule has 3 heterocycles. The van der Waals surface area contributed by atoms with Crippen LogP contribution in [0.25, 0.3) is 0 Å². The Hall–Kier alpha value is -2.38. The number of carbonyl (C=O) groups excluding carboxylic acids is 1. The first-order valence-electron chi connectivity index (χ1n) is 11.3. The van der Waals surface area contributed by atoms with Gasteiger partial charge >= 0.3 is 6.09 Å². The Balaban J connectivity index is 1.47. The summed E-state index contributed by atoms with van der Waals surface area (Å²) in [6.45, 7) is 12.1. The maximum Gasteiger partial charge on any atom is 0.410 e. The van der Waals surface area contributed by atoms with Crippen LogP contribution in [0.2, 0.25) is 5.28 Å². The minimum absolute atomic E-state index is 0.259. The van der Waals surface area contributed by atoms with Crippen LogP contribution in [0.4, 0.5) is 10.6 Å². The van der Waals surface area contributed by atoms with Crippen molar-refractivity contribution in [1.82, 2.24) is 19.8 Å². The summed E-state index contributed by atoms with van der Waals surface area (Å²) in [4.78, 5) is 28.0. The molecule has 1 aromatic heterocycles. The summed E-state index contributed by atoms with van der Waals surface area (Å²) in [6.07, 6.45) is 0.617. The van der Waals surface area contributed by atoms with Crippen molar-refractivity contribution in [2.45, 2.75) is 58.8 Å². The number of carbonyl (C=O) groups is 1. The first-order valence-corrected chi connectivity index (χ1v) is 11.6. The molecule has 32 heavy (non-hydrogen) atoms. The highest BCUT2D eigenvalue weighted by atomic mass is 35.5. The normalized spacial score (nSPS) is 19.6. The van der Waals surface area contributed by atoms with Crippen molar-refractivity contribution in [2.24, 2.45) is 0 Å². The molecule has 1 atom stereocenters. The van der Waals surface area contributed by atoms with Gasteiger partial charge < -0.3 is 14.5 Å². The summed E-state index contributed by atoms with van der Waals surface area (Å²) in [6, 6.07) is 10.9. The standard InChI is InChI=1S/C24H32ClN5O2/c1-17-14-19-20(16-30(17)15-18-8-6-5-7-9-18)26-22(25)27-21(19)28-10-12-29(13-11-28)23(31)32-24(2,3)4/h5-9,17H,10-16H2,1-4H3. The molecule has 2 aliphatic heterocycles. The third-order valence-electron chi connectivity index (χ3n) is 5.98. The number of ether oxygens (including phenoxy) is 1. The molecule has 1 saturated heterocycles. The second-order valence-corrected chi connectivity index (χ2v) is 9.98. The topological polar surface area (TPSA) is 61.8 Å². The van der Waals surface area contributed by atoms with Crippen molar-refractivity contribution in [2.75, 3.05) is 31.1 Å². The van der Waals surface area contributed by atoms with E-state index in [2.05, 4.69) is 51.0 Å². The summed E-state index contributed by atoms with van der Waals surface area (Å²) in [5.74, 6) is 0.912. The van der Waals surface area contributed by atoms with Crippen LogP contribution in [-0.4, -0.2) is 63.7 Å². The molecule has 0 radical (unpaired) electrons. The van der Waals surface area contributed by atoms with Gasteiger partial charge in [0.1, 0.15) is 11.4 Å². The van der Waals surface area contributed by atoms with Gasteiger partial charge in [0, 0.05) is 50.9 Å². The largest absolute Gasteiger partial charge is 0.444 e. The number of halogens is 1. The second-order valence-electron chi connectivity index (χ2n) is 9.64. The predicted octanol–water partition coefficient (Wildman–Crippen LogP) is 4.13. The number of benzene rings is 1. The van der Waals surface area contributed by atoms with Gasteiger partial charge in [-0.15, -0.1) is 0 Å². The SMILES string of the molecule is CC1Cc2c(nc(Cl)nc2N2CCN(C(=O)OC(C)(C)C)CC2)CN1Cc1ccccc1. The third-order valence-corrected chi connectivity index (χ3v) is 6.15. The number of hydrogen-bond donors (Lipinski definition) is 0. The van der Waals surface area contributed by atoms with E-state index in [0.717, 1.165) is 31.0 Å². The third kappa shape index (κ3) is 5.33. The van der Waals surface area contributed by atoms with Gasteiger partial charge in [0.05, 0.1) is 5.69 Å². The summed E-state index contributed by atoms with van der Waals surface area (Å²) in [7, 11) is 0. The van der Waals surface area contributed by atoms with E-state index in [1.165, 1.54) is 11.1 Å². The fourth-order valence-corrected chi connectivity index (χ4v) is 4.50. The molecule has 0 N–H and O–H groups in total. The van der Waals surface area contributed by atoms with Gasteiger partial charge in [0.25, 0.3) is 0 Å². The average molecular weight is 458 g/mol. The van der Waals surface area contributed by atoms with Crippen molar-refractivity contribution < 1.29 is 9.53 Å². The molecule has 1 aromatic carbocycles. The number of nitrogens with zero attached hydrogens (tertiary/aromatic N) is 5. The first-order chi connectivity index (χ1) is 15.2. The van der Waals surface area contributed by atoms with Crippen LogP contribution in [0.15, 0.2) is 30.3 Å². The van der Waals surface area contributed by atoms with E-state index in [1.807, 2.05) is 26.8 Å². The Bertz CT molecular complexity index is 955. The number of piperazine rings is 1. The van der Waals surface area contributed by atoms with Crippen molar-refractivity contribution >= 4 is 23.5 Å². The van der Waals surface area contributed by atoms with E-state index in [1.54, 1.807) is 4.90 Å². The smallest absolute Gasteiger partial charge is 0.410 e. The van der Waals surface area contributed by atoms with E-state index in [4.69, 9.17) is 16.3 Å². The molecule has 1 amide bonds. The molecule has 4 rings (SSSR count). The lowest BCUT2D eigenvalue weighted by Crippen LogP contribution is -2.51. The molecule has 0 aliphatic carbocycles. The predicted molar refractivity (Wildman–Crippen MR) is 126 cm³/mol. The number of rotatable bonds is 3. The molecule has 7 nitrogen and oxygen atoms in total. The lowest BCUT2D eigenvalue weighted by atomic mass is 9.97. The van der Waals surface area contributed by atoms with Gasteiger partial charge in [-0.2, -0.15) is 0 Å². The average Bonchev–Trinajstić information content (AvgIpc) is 2.74. The molecular formula is C24H32ClN5O2. The summed E-state index contributed by atoms with van der Waals surface area (Å²) in [5.41, 5.74) is 2.98. The van der Waals surface area contributed by atoms with E-state index in [9.17, 15) is 4.79 Å². The lowest BCUT2D eigenvalue weighted by molar-refractivity contribution is 0.0240. The maximum atomic E-state index is 12.4. The van der Waals surface area contributed by atoms with Crippen molar-refractivity contribution in [3.63, 3.8) is 0 Å². The Kier molecular flexibility index (Phi) is 6.58. The van der Waals surface area contributed by atoms with Crippen LogP contribution in [0.1, 0.15) is 44.5 Å². The van der Waals surface area contributed by atoms with Crippen LogP contribution in [0, 0.1) is 0 Å². The monoisotopic (exact) mass is 457 g/mol. The van der Waals surface area contributed by atoms with Crippen molar-refractivity contribution in [3.8, 4) is 0 Å². The summed E-state index contributed by atoms with van der Waals surface area (Å²) >= 11 is 6.35. The van der Waals surface area contributed by atoms with Crippen LogP contribution in [-0.2, 0) is 24.2 Å². The fourth-order valence-electron chi connectivity index (χ4n) is 4.32. The van der Waals surface area contributed by atoms with Crippen LogP contribution in [0.3, 0.4) is 0 Å². The van der Waals surface area contributed by atoms with Gasteiger partial charge in [0.15, 0.2) is 0 Å². The van der Waals surface area contributed by atoms with E-state index < -0.39 is 5.60 Å². The van der Waals surface area contributed by atoms with Crippen LogP contribution < -0.4 is 4.90 Å². The van der Waals surface area contributed by atoms with Crippen LogP contribution >= 0.6 is 11.6 Å². The molecule has 2 aromatic rings. The molecule has 0 spiro atoms. The first kappa shape index (κ1) is 22.8. The zero-order chi connectivity index (χ0) is 22.9. The van der Waals surface area contributed by atoms with Gasteiger partial charge in [-0.25, -0.2) is 14.8 Å². The summed E-state index contributed by atoms with van der Waals surface area (Å²) < 4.78 is 5.52. The molecule has 0 bridgehead atoms. The van der Waals surface area contributed by atoms with E-state index in [-0.39, 0.29) is 11.4 Å². The molecule has 8 heteroatoms. The minimum Gasteiger partial charge on any atom is -0.444 e.